The molecule has 0 saturated carbocycles. The predicted octanol–water partition coefficient (Wildman–Crippen LogP) is 4.79. The van der Waals surface area contributed by atoms with Crippen LogP contribution in [0.1, 0.15) is 19.4 Å². The average Bonchev–Trinajstić information content (AvgIpc) is 2.85. The van der Waals surface area contributed by atoms with E-state index in [-0.39, 0.29) is 17.9 Å². The summed E-state index contributed by atoms with van der Waals surface area (Å²) in [5.74, 6) is 0.00222. The smallest absolute Gasteiger partial charge is 0.277 e. The Kier molecular flexibility index (Phi) is 5.96. The van der Waals surface area contributed by atoms with E-state index in [0.29, 0.717) is 15.8 Å². The SMILES string of the molecule is CN1/C(=C\C=N/NC(=O)COc2ccc(Cl)cc2Cl)C(C)(C)c2ccccc21. The number of likely N-dealkylation sites (N-methyl/N-ethyl adjacent to an activating group) is 1. The maximum atomic E-state index is 11.9. The largest absolute Gasteiger partial charge is 0.482 e. The molecule has 0 fully saturated rings. The summed E-state index contributed by atoms with van der Waals surface area (Å²) in [4.78, 5) is 14.0. The summed E-state index contributed by atoms with van der Waals surface area (Å²) in [7, 11) is 2.02. The van der Waals surface area contributed by atoms with Crippen molar-refractivity contribution in [1.82, 2.24) is 5.43 Å². The number of rotatable bonds is 5. The molecule has 0 unspecified atom stereocenters. The molecule has 0 radical (unpaired) electrons. The van der Waals surface area contributed by atoms with Gasteiger partial charge in [-0.3, -0.25) is 4.79 Å². The Morgan fingerprint density at radius 1 is 1.25 bits per heavy atom. The van der Waals surface area contributed by atoms with E-state index < -0.39 is 0 Å². The highest BCUT2D eigenvalue weighted by molar-refractivity contribution is 6.35. The molecule has 1 aliphatic heterocycles. The van der Waals surface area contributed by atoms with Gasteiger partial charge in [-0.05, 0) is 35.9 Å². The molecule has 28 heavy (non-hydrogen) atoms. The van der Waals surface area contributed by atoms with Gasteiger partial charge in [-0.1, -0.05) is 55.2 Å². The number of carbonyl (C=O) groups is 1. The molecule has 0 bridgehead atoms. The molecule has 0 saturated heterocycles. The fourth-order valence-corrected chi connectivity index (χ4v) is 3.75. The highest BCUT2D eigenvalue weighted by Crippen LogP contribution is 2.46. The van der Waals surface area contributed by atoms with Gasteiger partial charge in [0.05, 0.1) is 5.02 Å². The number of ether oxygens (including phenoxy) is 1. The summed E-state index contributed by atoms with van der Waals surface area (Å²) in [5.41, 5.74) is 5.82. The fraction of sp³-hybridized carbons (Fsp3) is 0.238. The highest BCUT2D eigenvalue weighted by Gasteiger charge is 2.37. The molecule has 2 aromatic carbocycles. The summed E-state index contributed by atoms with van der Waals surface area (Å²) in [5, 5.41) is 4.83. The Morgan fingerprint density at radius 2 is 2.00 bits per heavy atom. The Morgan fingerprint density at radius 3 is 2.71 bits per heavy atom. The zero-order valence-corrected chi connectivity index (χ0v) is 17.4. The molecular formula is C21H21Cl2N3O2. The summed E-state index contributed by atoms with van der Waals surface area (Å²) in [6, 6.07) is 13.1. The van der Waals surface area contributed by atoms with Crippen LogP contribution >= 0.6 is 23.2 Å². The van der Waals surface area contributed by atoms with Gasteiger partial charge in [0, 0.05) is 35.1 Å². The predicted molar refractivity (Wildman–Crippen MR) is 115 cm³/mol. The van der Waals surface area contributed by atoms with E-state index in [1.54, 1.807) is 24.4 Å². The van der Waals surface area contributed by atoms with Crippen molar-refractivity contribution in [2.45, 2.75) is 19.3 Å². The fourth-order valence-electron chi connectivity index (χ4n) is 3.29. The number of allylic oxidation sites excluding steroid dienone is 2. The molecule has 0 aromatic heterocycles. The topological polar surface area (TPSA) is 53.9 Å². The minimum atomic E-state index is -0.386. The van der Waals surface area contributed by atoms with Crippen molar-refractivity contribution in [2.75, 3.05) is 18.6 Å². The molecule has 1 aliphatic rings. The van der Waals surface area contributed by atoms with Crippen LogP contribution in [0.25, 0.3) is 0 Å². The first kappa shape index (κ1) is 20.2. The number of hydrogen-bond donors (Lipinski definition) is 1. The molecule has 2 aromatic rings. The zero-order valence-electron chi connectivity index (χ0n) is 15.9. The number of hydrogen-bond acceptors (Lipinski definition) is 4. The number of benzene rings is 2. The van der Waals surface area contributed by atoms with Crippen LogP contribution in [0.15, 0.2) is 59.3 Å². The molecule has 1 heterocycles. The second kappa shape index (κ2) is 8.25. The maximum Gasteiger partial charge on any atom is 0.277 e. The monoisotopic (exact) mass is 417 g/mol. The van der Waals surface area contributed by atoms with E-state index in [1.165, 1.54) is 11.3 Å². The van der Waals surface area contributed by atoms with Crippen molar-refractivity contribution in [3.63, 3.8) is 0 Å². The number of amides is 1. The number of nitrogens with zero attached hydrogens (tertiary/aromatic N) is 2. The van der Waals surface area contributed by atoms with E-state index in [1.807, 2.05) is 25.3 Å². The van der Waals surface area contributed by atoms with Crippen LogP contribution in [0.3, 0.4) is 0 Å². The van der Waals surface area contributed by atoms with Gasteiger partial charge in [-0.2, -0.15) is 5.10 Å². The van der Waals surface area contributed by atoms with E-state index in [2.05, 4.69) is 41.4 Å². The normalized spacial score (nSPS) is 16.5. The van der Waals surface area contributed by atoms with Crippen LogP contribution in [0.4, 0.5) is 5.69 Å². The molecule has 0 spiro atoms. The van der Waals surface area contributed by atoms with Gasteiger partial charge in [0.2, 0.25) is 0 Å². The minimum absolute atomic E-state index is 0.143. The van der Waals surface area contributed by atoms with E-state index >= 15 is 0 Å². The van der Waals surface area contributed by atoms with E-state index in [0.717, 1.165) is 5.70 Å². The van der Waals surface area contributed by atoms with Crippen molar-refractivity contribution in [3.8, 4) is 5.75 Å². The molecule has 5 nitrogen and oxygen atoms in total. The van der Waals surface area contributed by atoms with E-state index in [9.17, 15) is 4.79 Å². The van der Waals surface area contributed by atoms with Crippen molar-refractivity contribution < 1.29 is 9.53 Å². The second-order valence-electron chi connectivity index (χ2n) is 6.93. The number of halogens is 2. The lowest BCUT2D eigenvalue weighted by Crippen LogP contribution is -2.25. The molecule has 1 amide bonds. The van der Waals surface area contributed by atoms with Gasteiger partial charge in [0.25, 0.3) is 5.91 Å². The molecule has 3 rings (SSSR count). The maximum absolute atomic E-state index is 11.9. The Labute approximate surface area is 174 Å². The van der Waals surface area contributed by atoms with Gasteiger partial charge < -0.3 is 9.64 Å². The number of fused-ring (bicyclic) bond motifs is 1. The summed E-state index contributed by atoms with van der Waals surface area (Å²) >= 11 is 11.8. The lowest BCUT2D eigenvalue weighted by atomic mass is 9.84. The van der Waals surface area contributed by atoms with Crippen LogP contribution < -0.4 is 15.1 Å². The number of hydrazone groups is 1. The number of carbonyl (C=O) groups excluding carboxylic acids is 1. The van der Waals surface area contributed by atoms with Gasteiger partial charge in [-0.15, -0.1) is 0 Å². The van der Waals surface area contributed by atoms with Gasteiger partial charge in [-0.25, -0.2) is 5.43 Å². The van der Waals surface area contributed by atoms with Gasteiger partial charge in [0.1, 0.15) is 5.75 Å². The van der Waals surface area contributed by atoms with Gasteiger partial charge in [0.15, 0.2) is 6.61 Å². The molecule has 7 heteroatoms. The Hall–Kier alpha value is -2.50. The first-order valence-corrected chi connectivity index (χ1v) is 9.50. The molecule has 0 atom stereocenters. The lowest BCUT2D eigenvalue weighted by Gasteiger charge is -2.23. The summed E-state index contributed by atoms with van der Waals surface area (Å²) < 4.78 is 5.38. The zero-order chi connectivity index (χ0) is 20.3. The number of nitrogens with one attached hydrogen (secondary N) is 1. The number of para-hydroxylation sites is 1. The average molecular weight is 418 g/mol. The Balaban J connectivity index is 1.58. The minimum Gasteiger partial charge on any atom is -0.482 e. The second-order valence-corrected chi connectivity index (χ2v) is 7.77. The summed E-state index contributed by atoms with van der Waals surface area (Å²) in [6.07, 6.45) is 3.48. The summed E-state index contributed by atoms with van der Waals surface area (Å²) in [6.45, 7) is 4.13. The number of anilines is 1. The van der Waals surface area contributed by atoms with Crippen LogP contribution in [-0.2, 0) is 10.2 Å². The standard InChI is InChI=1S/C21H21Cl2N3O2/c1-21(2)15-6-4-5-7-17(15)26(3)19(21)10-11-24-25-20(27)13-28-18-9-8-14(22)12-16(18)23/h4-12H,13H2,1-3H3,(H,25,27)/b19-10-,24-11-. The van der Waals surface area contributed by atoms with Crippen molar-refractivity contribution in [3.05, 3.63) is 69.8 Å². The third kappa shape index (κ3) is 4.16. The molecular weight excluding hydrogens is 397 g/mol. The van der Waals surface area contributed by atoms with Crippen molar-refractivity contribution in [2.24, 2.45) is 5.10 Å². The van der Waals surface area contributed by atoms with Crippen LogP contribution in [0, 0.1) is 0 Å². The molecule has 1 N–H and O–H groups in total. The third-order valence-electron chi connectivity index (χ3n) is 4.69. The van der Waals surface area contributed by atoms with Crippen molar-refractivity contribution in [1.29, 1.82) is 0 Å². The van der Waals surface area contributed by atoms with Crippen LogP contribution in [-0.4, -0.2) is 25.8 Å². The first-order chi connectivity index (χ1) is 13.3. The molecule has 0 aliphatic carbocycles. The first-order valence-electron chi connectivity index (χ1n) is 8.74. The van der Waals surface area contributed by atoms with Crippen LogP contribution in [0.2, 0.25) is 10.0 Å². The quantitative estimate of drug-likeness (QED) is 0.562. The van der Waals surface area contributed by atoms with Crippen LogP contribution in [0.5, 0.6) is 5.75 Å². The molecule has 146 valence electrons. The van der Waals surface area contributed by atoms with Crippen molar-refractivity contribution >= 4 is 41.0 Å². The highest BCUT2D eigenvalue weighted by atomic mass is 35.5. The lowest BCUT2D eigenvalue weighted by molar-refractivity contribution is -0.123. The van der Waals surface area contributed by atoms with Gasteiger partial charge >= 0.3 is 0 Å². The third-order valence-corrected chi connectivity index (χ3v) is 5.22. The van der Waals surface area contributed by atoms with E-state index in [4.69, 9.17) is 27.9 Å². The Bertz CT molecular complexity index is 954.